The maximum Gasteiger partial charge on any atom is 0.231 e. The van der Waals surface area contributed by atoms with E-state index >= 15 is 0 Å². The first-order valence-electron chi connectivity index (χ1n) is 6.19. The van der Waals surface area contributed by atoms with Crippen LogP contribution in [0, 0.1) is 11.3 Å². The summed E-state index contributed by atoms with van der Waals surface area (Å²) in [4.78, 5) is 2.13. The Morgan fingerprint density at radius 2 is 2.26 bits per heavy atom. The van der Waals surface area contributed by atoms with Gasteiger partial charge in [-0.15, -0.1) is 0 Å². The standard InChI is InChI=1S/C14H18N2O3/c1-10(4-5-15)16(2)8-11-6-12(17-3)14-13(7-11)18-9-19-14/h6-7,10H,4,8-9H2,1-3H3. The van der Waals surface area contributed by atoms with E-state index in [0.29, 0.717) is 17.9 Å². The zero-order valence-electron chi connectivity index (χ0n) is 11.5. The number of hydrogen-bond acceptors (Lipinski definition) is 5. The molecule has 1 heterocycles. The van der Waals surface area contributed by atoms with Gasteiger partial charge in [-0.1, -0.05) is 0 Å². The van der Waals surface area contributed by atoms with Gasteiger partial charge in [-0.05, 0) is 31.7 Å². The summed E-state index contributed by atoms with van der Waals surface area (Å²) in [5, 5.41) is 8.73. The largest absolute Gasteiger partial charge is 0.493 e. The highest BCUT2D eigenvalue weighted by Gasteiger charge is 2.21. The predicted octanol–water partition coefficient (Wildman–Crippen LogP) is 2.16. The van der Waals surface area contributed by atoms with Crippen molar-refractivity contribution in [3.05, 3.63) is 17.7 Å². The summed E-state index contributed by atoms with van der Waals surface area (Å²) >= 11 is 0. The average Bonchev–Trinajstić information content (AvgIpc) is 2.86. The van der Waals surface area contributed by atoms with Crippen LogP contribution in [0.4, 0.5) is 0 Å². The minimum absolute atomic E-state index is 0.210. The summed E-state index contributed by atoms with van der Waals surface area (Å²) in [5.41, 5.74) is 1.08. The molecule has 0 aliphatic carbocycles. The molecule has 19 heavy (non-hydrogen) atoms. The van der Waals surface area contributed by atoms with Crippen molar-refractivity contribution >= 4 is 0 Å². The van der Waals surface area contributed by atoms with E-state index in [1.165, 1.54) is 0 Å². The number of hydrogen-bond donors (Lipinski definition) is 0. The van der Waals surface area contributed by atoms with Gasteiger partial charge in [0.2, 0.25) is 12.5 Å². The highest BCUT2D eigenvalue weighted by atomic mass is 16.7. The second-order valence-corrected chi connectivity index (χ2v) is 4.66. The molecule has 5 heteroatoms. The number of nitrogens with zero attached hydrogens (tertiary/aromatic N) is 2. The van der Waals surface area contributed by atoms with Crippen molar-refractivity contribution in [3.63, 3.8) is 0 Å². The average molecular weight is 262 g/mol. The molecule has 2 rings (SSSR count). The Bertz CT molecular complexity index is 496. The van der Waals surface area contributed by atoms with E-state index in [0.717, 1.165) is 17.9 Å². The van der Waals surface area contributed by atoms with Crippen LogP contribution in [-0.2, 0) is 6.54 Å². The van der Waals surface area contributed by atoms with Gasteiger partial charge in [0, 0.05) is 12.6 Å². The second-order valence-electron chi connectivity index (χ2n) is 4.66. The van der Waals surface area contributed by atoms with Crippen LogP contribution in [0.15, 0.2) is 12.1 Å². The van der Waals surface area contributed by atoms with Crippen molar-refractivity contribution in [2.24, 2.45) is 0 Å². The van der Waals surface area contributed by atoms with E-state index in [1.807, 2.05) is 26.1 Å². The monoisotopic (exact) mass is 262 g/mol. The third-order valence-corrected chi connectivity index (χ3v) is 3.29. The molecule has 0 radical (unpaired) electrons. The number of methoxy groups -OCH3 is 1. The first-order chi connectivity index (χ1) is 9.15. The number of fused-ring (bicyclic) bond motifs is 1. The first kappa shape index (κ1) is 13.5. The third-order valence-electron chi connectivity index (χ3n) is 3.29. The lowest BCUT2D eigenvalue weighted by Crippen LogP contribution is -2.28. The third kappa shape index (κ3) is 2.91. The molecule has 0 fully saturated rings. The van der Waals surface area contributed by atoms with Crippen molar-refractivity contribution in [2.75, 3.05) is 21.0 Å². The summed E-state index contributed by atoms with van der Waals surface area (Å²) in [6.45, 7) is 3.00. The van der Waals surface area contributed by atoms with Crippen LogP contribution in [0.3, 0.4) is 0 Å². The maximum atomic E-state index is 8.73. The van der Waals surface area contributed by atoms with Gasteiger partial charge in [-0.2, -0.15) is 5.26 Å². The zero-order valence-corrected chi connectivity index (χ0v) is 11.5. The second kappa shape index (κ2) is 5.81. The van der Waals surface area contributed by atoms with Gasteiger partial charge in [0.05, 0.1) is 19.6 Å². The molecule has 1 aromatic rings. The number of rotatable bonds is 5. The van der Waals surface area contributed by atoms with E-state index in [9.17, 15) is 0 Å². The Morgan fingerprint density at radius 3 is 2.95 bits per heavy atom. The highest BCUT2D eigenvalue weighted by Crippen LogP contribution is 2.42. The van der Waals surface area contributed by atoms with Gasteiger partial charge in [-0.25, -0.2) is 0 Å². The molecule has 1 aliphatic rings. The molecule has 0 N–H and O–H groups in total. The molecule has 1 atom stereocenters. The van der Waals surface area contributed by atoms with Crippen LogP contribution < -0.4 is 14.2 Å². The molecular formula is C14H18N2O3. The number of ether oxygens (including phenoxy) is 3. The molecule has 1 aromatic carbocycles. The highest BCUT2D eigenvalue weighted by molar-refractivity contribution is 5.55. The Balaban J connectivity index is 2.15. The Kier molecular flexibility index (Phi) is 4.13. The maximum absolute atomic E-state index is 8.73. The predicted molar refractivity (Wildman–Crippen MR) is 70.3 cm³/mol. The summed E-state index contributed by atoms with van der Waals surface area (Å²) in [5.74, 6) is 2.07. The van der Waals surface area contributed by atoms with E-state index < -0.39 is 0 Å². The fraction of sp³-hybridized carbons (Fsp3) is 0.500. The van der Waals surface area contributed by atoms with Gasteiger partial charge in [-0.3, -0.25) is 4.90 Å². The molecule has 0 bridgehead atoms. The van der Waals surface area contributed by atoms with Gasteiger partial charge < -0.3 is 14.2 Å². The SMILES string of the molecule is COc1cc(CN(C)C(C)CC#N)cc2c1OCO2. The van der Waals surface area contributed by atoms with Crippen LogP contribution in [0.2, 0.25) is 0 Å². The van der Waals surface area contributed by atoms with Crippen LogP contribution >= 0.6 is 0 Å². The van der Waals surface area contributed by atoms with E-state index in [2.05, 4.69) is 11.0 Å². The van der Waals surface area contributed by atoms with Crippen LogP contribution in [-0.4, -0.2) is 31.9 Å². The fourth-order valence-corrected chi connectivity index (χ4v) is 2.01. The van der Waals surface area contributed by atoms with Gasteiger partial charge in [0.15, 0.2) is 11.5 Å². The molecule has 0 aromatic heterocycles. The molecular weight excluding hydrogens is 244 g/mol. The lowest BCUT2D eigenvalue weighted by molar-refractivity contribution is 0.171. The number of benzene rings is 1. The van der Waals surface area contributed by atoms with Crippen molar-refractivity contribution in [3.8, 4) is 23.3 Å². The minimum Gasteiger partial charge on any atom is -0.493 e. The molecule has 1 unspecified atom stereocenters. The van der Waals surface area contributed by atoms with Gasteiger partial charge in [0.25, 0.3) is 0 Å². The van der Waals surface area contributed by atoms with E-state index in [1.54, 1.807) is 7.11 Å². The zero-order chi connectivity index (χ0) is 13.8. The Hall–Kier alpha value is -1.93. The molecule has 0 amide bonds. The normalized spacial score (nSPS) is 14.3. The minimum atomic E-state index is 0.210. The lowest BCUT2D eigenvalue weighted by Gasteiger charge is -2.22. The fourth-order valence-electron chi connectivity index (χ4n) is 2.01. The lowest BCUT2D eigenvalue weighted by atomic mass is 10.1. The smallest absolute Gasteiger partial charge is 0.231 e. The van der Waals surface area contributed by atoms with Crippen molar-refractivity contribution < 1.29 is 14.2 Å². The van der Waals surface area contributed by atoms with Crippen molar-refractivity contribution in [2.45, 2.75) is 25.9 Å². The molecule has 102 valence electrons. The summed E-state index contributed by atoms with van der Waals surface area (Å²) in [6, 6.07) is 6.30. The van der Waals surface area contributed by atoms with E-state index in [4.69, 9.17) is 19.5 Å². The molecule has 0 spiro atoms. The molecule has 0 saturated heterocycles. The van der Waals surface area contributed by atoms with E-state index in [-0.39, 0.29) is 12.8 Å². The summed E-state index contributed by atoms with van der Waals surface area (Å²) < 4.78 is 16.1. The van der Waals surface area contributed by atoms with Crippen molar-refractivity contribution in [1.29, 1.82) is 5.26 Å². The van der Waals surface area contributed by atoms with Crippen LogP contribution in [0.25, 0.3) is 0 Å². The quantitative estimate of drug-likeness (QED) is 0.814. The van der Waals surface area contributed by atoms with Crippen LogP contribution in [0.5, 0.6) is 17.2 Å². The number of nitriles is 1. The van der Waals surface area contributed by atoms with Crippen molar-refractivity contribution in [1.82, 2.24) is 4.90 Å². The molecule has 1 aliphatic heterocycles. The first-order valence-corrected chi connectivity index (χ1v) is 6.19. The van der Waals surface area contributed by atoms with Crippen LogP contribution in [0.1, 0.15) is 18.9 Å². The Morgan fingerprint density at radius 1 is 1.47 bits per heavy atom. The van der Waals surface area contributed by atoms with Gasteiger partial charge >= 0.3 is 0 Å². The summed E-state index contributed by atoms with van der Waals surface area (Å²) in [6.07, 6.45) is 0.512. The molecule has 0 saturated carbocycles. The topological polar surface area (TPSA) is 54.7 Å². The Labute approximate surface area is 113 Å². The van der Waals surface area contributed by atoms with Gasteiger partial charge in [0.1, 0.15) is 0 Å². The summed E-state index contributed by atoms with van der Waals surface area (Å²) in [7, 11) is 3.61. The molecule has 5 nitrogen and oxygen atoms in total.